The van der Waals surface area contributed by atoms with Gasteiger partial charge in [0.2, 0.25) is 0 Å². The zero-order valence-corrected chi connectivity index (χ0v) is 9.34. The fourth-order valence-electron chi connectivity index (χ4n) is 0.884. The van der Waals surface area contributed by atoms with Crippen molar-refractivity contribution in [3.05, 3.63) is 12.7 Å². The Labute approximate surface area is 86.6 Å². The number of nitrogens with two attached hydrogens (primary N) is 1. The first-order valence-corrected chi connectivity index (χ1v) is 4.15. The second-order valence-corrected chi connectivity index (χ2v) is 3.72. The van der Waals surface area contributed by atoms with Gasteiger partial charge in [-0.05, 0) is 6.92 Å². The van der Waals surface area contributed by atoms with Gasteiger partial charge < -0.3 is 18.1 Å². The maximum atomic E-state index is 11.3. The molecule has 1 amide bonds. The van der Waals surface area contributed by atoms with Gasteiger partial charge in [-0.1, -0.05) is 6.58 Å². The predicted octanol–water partition coefficient (Wildman–Crippen LogP) is -2.48. The van der Waals surface area contributed by atoms with E-state index in [9.17, 15) is 4.79 Å². The molecule has 0 aliphatic heterocycles. The second-order valence-electron chi connectivity index (χ2n) is 3.72. The van der Waals surface area contributed by atoms with Gasteiger partial charge in [0.25, 0.3) is 0 Å². The average Bonchev–Trinajstić information content (AvgIpc) is 1.99. The molecule has 0 saturated carbocycles. The average molecular weight is 207 g/mol. The molecule has 78 valence electrons. The number of hydrogen-bond donors (Lipinski definition) is 1. The molecule has 0 saturated heterocycles. The zero-order valence-electron chi connectivity index (χ0n) is 8.59. The number of likely N-dealkylation sites (N-methyl/N-ethyl adjacent to an activating group) is 1. The normalized spacial score (nSPS) is 12.9. The maximum Gasteiger partial charge on any atom is 0.337 e. The quantitative estimate of drug-likeness (QED) is 0.409. The van der Waals surface area contributed by atoms with Crippen molar-refractivity contribution in [1.82, 2.24) is 0 Å². The summed E-state index contributed by atoms with van der Waals surface area (Å²) in [5.74, 6) is 0.0376. The van der Waals surface area contributed by atoms with Crippen LogP contribution in [0.3, 0.4) is 0 Å². The Balaban J connectivity index is 0. The van der Waals surface area contributed by atoms with E-state index in [1.165, 1.54) is 6.08 Å². The summed E-state index contributed by atoms with van der Waals surface area (Å²) in [5.41, 5.74) is 5.59. The molecule has 0 spiro atoms. The summed E-state index contributed by atoms with van der Waals surface area (Å²) in [6, 6.07) is 0.153. The van der Waals surface area contributed by atoms with E-state index in [1.54, 1.807) is 0 Å². The smallest absolute Gasteiger partial charge is 0.337 e. The first-order chi connectivity index (χ1) is 5.40. The lowest BCUT2D eigenvalue weighted by atomic mass is 10.2. The van der Waals surface area contributed by atoms with Crippen LogP contribution in [0, 0.1) is 0 Å². The van der Waals surface area contributed by atoms with Crippen LogP contribution in [0.15, 0.2) is 12.7 Å². The third-order valence-electron chi connectivity index (χ3n) is 1.91. The Morgan fingerprint density at radius 3 is 2.38 bits per heavy atom. The molecule has 0 aliphatic rings. The van der Waals surface area contributed by atoms with E-state index in [0.29, 0.717) is 4.48 Å². The van der Waals surface area contributed by atoms with Gasteiger partial charge in [-0.2, -0.15) is 0 Å². The molecule has 0 aromatic heterocycles. The third kappa shape index (κ3) is 5.80. The van der Waals surface area contributed by atoms with Gasteiger partial charge in [-0.3, -0.25) is 4.48 Å². The van der Waals surface area contributed by atoms with Crippen LogP contribution in [0.5, 0.6) is 0 Å². The molecule has 0 radical (unpaired) electrons. The SMILES string of the molecule is C=CC(=O)[N+](C)(C)CCC(C)N.[Cl-]. The summed E-state index contributed by atoms with van der Waals surface area (Å²) in [5, 5.41) is 0. The van der Waals surface area contributed by atoms with Crippen LogP contribution in [-0.4, -0.2) is 37.1 Å². The summed E-state index contributed by atoms with van der Waals surface area (Å²) in [6.07, 6.45) is 2.22. The summed E-state index contributed by atoms with van der Waals surface area (Å²) in [6.45, 7) is 6.17. The van der Waals surface area contributed by atoms with E-state index >= 15 is 0 Å². The molecule has 0 bridgehead atoms. The van der Waals surface area contributed by atoms with Crippen molar-refractivity contribution < 1.29 is 21.7 Å². The molecule has 0 rings (SSSR count). The molecule has 2 N–H and O–H groups in total. The van der Waals surface area contributed by atoms with E-state index in [2.05, 4.69) is 6.58 Å². The van der Waals surface area contributed by atoms with Crippen molar-refractivity contribution in [2.75, 3.05) is 20.6 Å². The fraction of sp³-hybridized carbons (Fsp3) is 0.667. The summed E-state index contributed by atoms with van der Waals surface area (Å²) in [7, 11) is 3.73. The van der Waals surface area contributed by atoms with Gasteiger partial charge in [0.15, 0.2) is 0 Å². The van der Waals surface area contributed by atoms with Crippen LogP contribution in [-0.2, 0) is 4.79 Å². The lowest BCUT2D eigenvalue weighted by Crippen LogP contribution is -3.00. The molecule has 0 aliphatic carbocycles. The summed E-state index contributed by atoms with van der Waals surface area (Å²) in [4.78, 5) is 11.3. The summed E-state index contributed by atoms with van der Waals surface area (Å²) >= 11 is 0. The van der Waals surface area contributed by atoms with Crippen molar-refractivity contribution >= 4 is 5.91 Å². The van der Waals surface area contributed by atoms with Crippen molar-refractivity contribution in [2.24, 2.45) is 5.73 Å². The highest BCUT2D eigenvalue weighted by molar-refractivity contribution is 5.80. The molecule has 4 heteroatoms. The van der Waals surface area contributed by atoms with E-state index in [1.807, 2.05) is 21.0 Å². The van der Waals surface area contributed by atoms with E-state index < -0.39 is 0 Å². The Bertz CT molecular complexity index is 178. The van der Waals surface area contributed by atoms with Crippen LogP contribution in [0.4, 0.5) is 0 Å². The Morgan fingerprint density at radius 2 is 2.08 bits per heavy atom. The first-order valence-electron chi connectivity index (χ1n) is 4.15. The number of rotatable bonds is 4. The van der Waals surface area contributed by atoms with Crippen molar-refractivity contribution in [1.29, 1.82) is 0 Å². The molecule has 3 nitrogen and oxygen atoms in total. The molecule has 0 aromatic carbocycles. The molecule has 1 unspecified atom stereocenters. The topological polar surface area (TPSA) is 43.1 Å². The highest BCUT2D eigenvalue weighted by Gasteiger charge is 2.22. The Morgan fingerprint density at radius 1 is 1.62 bits per heavy atom. The Kier molecular flexibility index (Phi) is 7.13. The molecule has 1 atom stereocenters. The minimum atomic E-state index is 0. The van der Waals surface area contributed by atoms with Crippen molar-refractivity contribution in [2.45, 2.75) is 19.4 Å². The Hall–Kier alpha value is -0.380. The number of amides is 1. The van der Waals surface area contributed by atoms with Gasteiger partial charge in [0.05, 0.1) is 20.6 Å². The van der Waals surface area contributed by atoms with E-state index in [4.69, 9.17) is 5.73 Å². The molecule has 0 fully saturated rings. The predicted molar refractivity (Wildman–Crippen MR) is 50.4 cm³/mol. The van der Waals surface area contributed by atoms with Crippen molar-refractivity contribution in [3.8, 4) is 0 Å². The van der Waals surface area contributed by atoms with Crippen LogP contribution in [0.2, 0.25) is 0 Å². The van der Waals surface area contributed by atoms with Crippen LogP contribution in [0.1, 0.15) is 13.3 Å². The molecule has 13 heavy (non-hydrogen) atoms. The monoisotopic (exact) mass is 206 g/mol. The van der Waals surface area contributed by atoms with Gasteiger partial charge >= 0.3 is 5.91 Å². The number of nitrogens with zero attached hydrogens (tertiary/aromatic N) is 1. The van der Waals surface area contributed by atoms with E-state index in [-0.39, 0.29) is 24.4 Å². The second kappa shape index (κ2) is 6.13. The van der Waals surface area contributed by atoms with Crippen molar-refractivity contribution in [3.63, 3.8) is 0 Å². The number of hydrogen-bond acceptors (Lipinski definition) is 2. The lowest BCUT2D eigenvalue weighted by Gasteiger charge is -2.25. The third-order valence-corrected chi connectivity index (χ3v) is 1.91. The highest BCUT2D eigenvalue weighted by atomic mass is 35.5. The minimum Gasteiger partial charge on any atom is -1.00 e. The zero-order chi connectivity index (χ0) is 9.78. The number of carbonyl (C=O) groups excluding carboxylic acids is 1. The van der Waals surface area contributed by atoms with Gasteiger partial charge in [-0.25, -0.2) is 4.79 Å². The number of carbonyl (C=O) groups is 1. The number of quaternary nitrogens is 1. The van der Waals surface area contributed by atoms with Crippen LogP contribution >= 0.6 is 0 Å². The molecular formula is C9H19ClN2O. The molecular weight excluding hydrogens is 188 g/mol. The standard InChI is InChI=1S/C9H19N2O.ClH/c1-5-9(12)11(3,4)7-6-8(2)10;/h5,8H,1,6-7,10H2,2-4H3;1H/q+1;/p-1. The molecule has 0 aromatic rings. The maximum absolute atomic E-state index is 11.3. The largest absolute Gasteiger partial charge is 1.00 e. The van der Waals surface area contributed by atoms with Crippen LogP contribution in [0.25, 0.3) is 0 Å². The minimum absolute atomic E-state index is 0. The summed E-state index contributed by atoms with van der Waals surface area (Å²) < 4.78 is 0.338. The lowest BCUT2D eigenvalue weighted by molar-refractivity contribution is -0.811. The molecule has 0 heterocycles. The fourth-order valence-corrected chi connectivity index (χ4v) is 0.884. The first kappa shape index (κ1) is 15.1. The van der Waals surface area contributed by atoms with Gasteiger partial charge in [0, 0.05) is 18.5 Å². The number of halogens is 1. The van der Waals surface area contributed by atoms with Gasteiger partial charge in [-0.15, -0.1) is 0 Å². The van der Waals surface area contributed by atoms with Gasteiger partial charge in [0.1, 0.15) is 0 Å². The highest BCUT2D eigenvalue weighted by Crippen LogP contribution is 2.02. The van der Waals surface area contributed by atoms with E-state index in [0.717, 1.165) is 13.0 Å². The van der Waals surface area contributed by atoms with Crippen LogP contribution < -0.4 is 18.1 Å².